The minimum Gasteiger partial charge on any atom is -0.480 e. The second-order valence-electron chi connectivity index (χ2n) is 5.52. The zero-order valence-corrected chi connectivity index (χ0v) is 13.3. The fourth-order valence-corrected chi connectivity index (χ4v) is 2.57. The molecule has 0 bridgehead atoms. The summed E-state index contributed by atoms with van der Waals surface area (Å²) in [5.41, 5.74) is 1.07. The summed E-state index contributed by atoms with van der Waals surface area (Å²) in [7, 11) is 1.64. The lowest BCUT2D eigenvalue weighted by molar-refractivity contribution is -0.142. The number of hydrogen-bond acceptors (Lipinski definition) is 3. The first kappa shape index (κ1) is 16.8. The van der Waals surface area contributed by atoms with Gasteiger partial charge in [-0.2, -0.15) is 0 Å². The second kappa shape index (κ2) is 7.13. The highest BCUT2D eigenvalue weighted by molar-refractivity contribution is 5.85. The number of rotatable bonds is 7. The molecule has 2 N–H and O–H groups in total. The molecule has 0 aliphatic carbocycles. The summed E-state index contributed by atoms with van der Waals surface area (Å²) >= 11 is 0. The average Bonchev–Trinajstić information content (AvgIpc) is 2.76. The zero-order valence-electron chi connectivity index (χ0n) is 13.3. The third kappa shape index (κ3) is 3.61. The summed E-state index contributed by atoms with van der Waals surface area (Å²) in [6.45, 7) is 1.76. The summed E-state index contributed by atoms with van der Waals surface area (Å²) in [6, 6.07) is 6.24. The van der Waals surface area contributed by atoms with Crippen molar-refractivity contribution in [3.8, 4) is 0 Å². The molecule has 1 amide bonds. The van der Waals surface area contributed by atoms with Crippen molar-refractivity contribution in [3.63, 3.8) is 0 Å². The van der Waals surface area contributed by atoms with Crippen LogP contribution in [0.4, 0.5) is 0 Å². The molecule has 1 aromatic heterocycles. The Bertz CT molecular complexity index is 775. The van der Waals surface area contributed by atoms with E-state index in [0.717, 1.165) is 11.9 Å². The van der Waals surface area contributed by atoms with Crippen molar-refractivity contribution in [2.75, 3.05) is 0 Å². The Kier molecular flexibility index (Phi) is 5.20. The molecule has 0 saturated heterocycles. The monoisotopic (exact) mass is 319 g/mol. The van der Waals surface area contributed by atoms with Gasteiger partial charge in [-0.1, -0.05) is 31.9 Å². The van der Waals surface area contributed by atoms with E-state index in [-0.39, 0.29) is 12.2 Å². The summed E-state index contributed by atoms with van der Waals surface area (Å²) < 4.78 is 2.82. The van der Waals surface area contributed by atoms with Gasteiger partial charge in [-0.3, -0.25) is 13.9 Å². The number of carbonyl (C=O) groups excluding carboxylic acids is 1. The number of fused-ring (bicyclic) bond motifs is 1. The lowest BCUT2D eigenvalue weighted by atomic mass is 10.1. The van der Waals surface area contributed by atoms with Gasteiger partial charge >= 0.3 is 11.7 Å². The number of benzene rings is 1. The number of aryl methyl sites for hydroxylation is 1. The van der Waals surface area contributed by atoms with Gasteiger partial charge in [0.2, 0.25) is 5.91 Å². The Balaban J connectivity index is 2.19. The largest absolute Gasteiger partial charge is 0.480 e. The number of carboxylic acid groups (broad SMARTS) is 1. The number of aromatic nitrogens is 2. The molecule has 7 nitrogen and oxygen atoms in total. The number of hydrogen-bond donors (Lipinski definition) is 2. The van der Waals surface area contributed by atoms with Crippen molar-refractivity contribution in [2.24, 2.45) is 7.05 Å². The molecule has 23 heavy (non-hydrogen) atoms. The molecule has 0 radical (unpaired) electrons. The highest BCUT2D eigenvalue weighted by Crippen LogP contribution is 2.11. The number of amides is 1. The van der Waals surface area contributed by atoms with Gasteiger partial charge in [-0.25, -0.2) is 9.59 Å². The maximum atomic E-state index is 12.2. The van der Waals surface area contributed by atoms with Gasteiger partial charge in [0.15, 0.2) is 0 Å². The number of carboxylic acids is 1. The van der Waals surface area contributed by atoms with Crippen LogP contribution in [0.15, 0.2) is 29.1 Å². The van der Waals surface area contributed by atoms with Crippen molar-refractivity contribution in [1.82, 2.24) is 14.5 Å². The summed E-state index contributed by atoms with van der Waals surface area (Å²) in [5.74, 6) is -1.54. The van der Waals surface area contributed by atoms with Gasteiger partial charge in [0.1, 0.15) is 12.6 Å². The average molecular weight is 319 g/mol. The number of imidazole rings is 1. The Morgan fingerprint density at radius 1 is 1.26 bits per heavy atom. The quantitative estimate of drug-likeness (QED) is 0.799. The predicted molar refractivity (Wildman–Crippen MR) is 86.3 cm³/mol. The molecule has 1 aromatic carbocycles. The molecule has 2 rings (SSSR count). The first-order chi connectivity index (χ1) is 11.0. The Labute approximate surface area is 133 Å². The third-order valence-electron chi connectivity index (χ3n) is 3.83. The van der Waals surface area contributed by atoms with Crippen molar-refractivity contribution < 1.29 is 14.7 Å². The molecule has 0 saturated carbocycles. The van der Waals surface area contributed by atoms with Crippen LogP contribution in [0.2, 0.25) is 0 Å². The number of para-hydroxylation sites is 2. The van der Waals surface area contributed by atoms with Crippen molar-refractivity contribution in [2.45, 2.75) is 38.8 Å². The maximum Gasteiger partial charge on any atom is 0.329 e. The SMILES string of the molecule is CCCCC(NC(=O)Cn1c(=O)n(C)c2ccccc21)C(=O)O. The summed E-state index contributed by atoms with van der Waals surface area (Å²) in [5, 5.41) is 11.7. The van der Waals surface area contributed by atoms with Crippen LogP contribution in [-0.4, -0.2) is 32.2 Å². The van der Waals surface area contributed by atoms with Crippen LogP contribution < -0.4 is 11.0 Å². The Hall–Kier alpha value is -2.57. The van der Waals surface area contributed by atoms with Crippen LogP contribution in [0.5, 0.6) is 0 Å². The molecular weight excluding hydrogens is 298 g/mol. The smallest absolute Gasteiger partial charge is 0.329 e. The van der Waals surface area contributed by atoms with E-state index in [4.69, 9.17) is 5.11 Å². The van der Waals surface area contributed by atoms with Gasteiger partial charge in [0.25, 0.3) is 0 Å². The molecule has 1 unspecified atom stereocenters. The maximum absolute atomic E-state index is 12.2. The minimum absolute atomic E-state index is 0.198. The van der Waals surface area contributed by atoms with Gasteiger partial charge in [0, 0.05) is 7.05 Å². The highest BCUT2D eigenvalue weighted by Gasteiger charge is 2.20. The number of nitrogens with zero attached hydrogens (tertiary/aromatic N) is 2. The molecular formula is C16H21N3O4. The summed E-state index contributed by atoms with van der Waals surface area (Å²) in [4.78, 5) is 35.6. The number of aliphatic carboxylic acids is 1. The predicted octanol–water partition coefficient (Wildman–Crippen LogP) is 1.10. The van der Waals surface area contributed by atoms with Gasteiger partial charge in [0.05, 0.1) is 11.0 Å². The number of carbonyl (C=O) groups is 2. The van der Waals surface area contributed by atoms with Crippen LogP contribution in [-0.2, 0) is 23.2 Å². The van der Waals surface area contributed by atoms with E-state index in [1.165, 1.54) is 9.13 Å². The highest BCUT2D eigenvalue weighted by atomic mass is 16.4. The van der Waals surface area contributed by atoms with E-state index >= 15 is 0 Å². The zero-order chi connectivity index (χ0) is 17.0. The fourth-order valence-electron chi connectivity index (χ4n) is 2.57. The number of unbranched alkanes of at least 4 members (excludes halogenated alkanes) is 1. The van der Waals surface area contributed by atoms with Crippen molar-refractivity contribution in [3.05, 3.63) is 34.7 Å². The van der Waals surface area contributed by atoms with Gasteiger partial charge in [-0.15, -0.1) is 0 Å². The normalized spacial score (nSPS) is 12.3. The topological polar surface area (TPSA) is 93.3 Å². The molecule has 0 spiro atoms. The second-order valence-corrected chi connectivity index (χ2v) is 5.52. The van der Waals surface area contributed by atoms with E-state index in [0.29, 0.717) is 18.4 Å². The van der Waals surface area contributed by atoms with Crippen LogP contribution >= 0.6 is 0 Å². The Morgan fingerprint density at radius 3 is 2.52 bits per heavy atom. The lowest BCUT2D eigenvalue weighted by Crippen LogP contribution is -2.43. The molecule has 1 heterocycles. The van der Waals surface area contributed by atoms with E-state index in [1.54, 1.807) is 25.2 Å². The van der Waals surface area contributed by atoms with Crippen LogP contribution in [0.25, 0.3) is 11.0 Å². The molecule has 2 aromatic rings. The van der Waals surface area contributed by atoms with Crippen LogP contribution in [0.3, 0.4) is 0 Å². The minimum atomic E-state index is -1.06. The Morgan fingerprint density at radius 2 is 1.91 bits per heavy atom. The van der Waals surface area contributed by atoms with E-state index in [9.17, 15) is 14.4 Å². The van der Waals surface area contributed by atoms with Crippen molar-refractivity contribution in [1.29, 1.82) is 0 Å². The number of nitrogens with one attached hydrogen (secondary N) is 1. The standard InChI is InChI=1S/C16H21N3O4/c1-3-4-7-11(15(21)22)17-14(20)10-19-13-9-6-5-8-12(13)18(2)16(19)23/h5-6,8-9,11H,3-4,7,10H2,1-2H3,(H,17,20)(H,21,22). The fraction of sp³-hybridized carbons (Fsp3) is 0.438. The first-order valence-electron chi connectivity index (χ1n) is 7.62. The third-order valence-corrected chi connectivity index (χ3v) is 3.83. The first-order valence-corrected chi connectivity index (χ1v) is 7.62. The molecule has 124 valence electrons. The summed E-state index contributed by atoms with van der Waals surface area (Å²) in [6.07, 6.45) is 1.94. The lowest BCUT2D eigenvalue weighted by Gasteiger charge is -2.14. The molecule has 1 atom stereocenters. The molecule has 7 heteroatoms. The van der Waals surface area contributed by atoms with Crippen LogP contribution in [0.1, 0.15) is 26.2 Å². The van der Waals surface area contributed by atoms with Crippen LogP contribution in [0, 0.1) is 0 Å². The van der Waals surface area contributed by atoms with Gasteiger partial charge < -0.3 is 10.4 Å². The molecule has 0 aliphatic rings. The van der Waals surface area contributed by atoms with E-state index < -0.39 is 17.9 Å². The van der Waals surface area contributed by atoms with E-state index in [2.05, 4.69) is 5.32 Å². The van der Waals surface area contributed by atoms with Crippen molar-refractivity contribution >= 4 is 22.9 Å². The molecule has 0 fully saturated rings. The van der Waals surface area contributed by atoms with Gasteiger partial charge in [-0.05, 0) is 18.6 Å². The van der Waals surface area contributed by atoms with E-state index in [1.807, 2.05) is 13.0 Å². The molecule has 0 aliphatic heterocycles.